The summed E-state index contributed by atoms with van der Waals surface area (Å²) >= 11 is 0. The second-order valence-corrected chi connectivity index (χ2v) is 4.43. The maximum Gasteiger partial charge on any atom is 0.101 e. The molecule has 16 heavy (non-hydrogen) atoms. The van der Waals surface area contributed by atoms with Gasteiger partial charge in [0.2, 0.25) is 0 Å². The first-order valence-corrected chi connectivity index (χ1v) is 4.90. The number of hydrogen-bond acceptors (Lipinski definition) is 3. The van der Waals surface area contributed by atoms with E-state index in [9.17, 15) is 0 Å². The average Bonchev–Trinajstić information content (AvgIpc) is 2.24. The van der Waals surface area contributed by atoms with E-state index in [4.69, 9.17) is 10.8 Å². The molecule has 0 aliphatic rings. The SMILES string of the molecule is CC(C)(C)c1ccnc(CN=[N+]=[N-])c1C#N. The van der Waals surface area contributed by atoms with Crippen LogP contribution in [0.2, 0.25) is 0 Å². The molecular formula is C11H13N5. The topological polar surface area (TPSA) is 85.4 Å². The fourth-order valence-electron chi connectivity index (χ4n) is 1.47. The normalized spacial score (nSPS) is 10.4. The summed E-state index contributed by atoms with van der Waals surface area (Å²) in [4.78, 5) is 6.75. The predicted molar refractivity (Wildman–Crippen MR) is 60.5 cm³/mol. The first-order chi connectivity index (χ1) is 7.50. The van der Waals surface area contributed by atoms with Crippen LogP contribution in [0.1, 0.15) is 37.6 Å². The van der Waals surface area contributed by atoms with E-state index >= 15 is 0 Å². The smallest absolute Gasteiger partial charge is 0.101 e. The molecule has 0 atom stereocenters. The molecule has 0 fully saturated rings. The Bertz CT molecular complexity index is 472. The van der Waals surface area contributed by atoms with E-state index in [-0.39, 0.29) is 12.0 Å². The molecule has 1 rings (SSSR count). The van der Waals surface area contributed by atoms with E-state index in [0.717, 1.165) is 5.56 Å². The van der Waals surface area contributed by atoms with Crippen molar-refractivity contribution in [2.75, 3.05) is 0 Å². The molecule has 0 N–H and O–H groups in total. The van der Waals surface area contributed by atoms with Crippen LogP contribution in [0, 0.1) is 11.3 Å². The lowest BCUT2D eigenvalue weighted by molar-refractivity contribution is 0.585. The first-order valence-electron chi connectivity index (χ1n) is 4.90. The zero-order chi connectivity index (χ0) is 12.2. The van der Waals surface area contributed by atoms with Crippen molar-refractivity contribution < 1.29 is 0 Å². The van der Waals surface area contributed by atoms with Crippen LogP contribution in [-0.2, 0) is 12.0 Å². The molecule has 1 aromatic rings. The lowest BCUT2D eigenvalue weighted by atomic mass is 9.84. The van der Waals surface area contributed by atoms with Gasteiger partial charge >= 0.3 is 0 Å². The van der Waals surface area contributed by atoms with E-state index < -0.39 is 0 Å². The third-order valence-electron chi connectivity index (χ3n) is 2.23. The summed E-state index contributed by atoms with van der Waals surface area (Å²) in [5.74, 6) is 0. The van der Waals surface area contributed by atoms with Crippen LogP contribution < -0.4 is 0 Å². The van der Waals surface area contributed by atoms with Crippen LogP contribution in [0.25, 0.3) is 10.4 Å². The summed E-state index contributed by atoms with van der Waals surface area (Å²) in [7, 11) is 0. The van der Waals surface area contributed by atoms with Crippen LogP contribution >= 0.6 is 0 Å². The average molecular weight is 215 g/mol. The minimum atomic E-state index is -0.126. The number of aromatic nitrogens is 1. The van der Waals surface area contributed by atoms with Crippen LogP contribution in [-0.4, -0.2) is 4.98 Å². The highest BCUT2D eigenvalue weighted by atomic mass is 15.1. The third-order valence-corrected chi connectivity index (χ3v) is 2.23. The molecule has 5 nitrogen and oxygen atoms in total. The van der Waals surface area contributed by atoms with E-state index in [1.165, 1.54) is 0 Å². The van der Waals surface area contributed by atoms with Gasteiger partial charge in [-0.1, -0.05) is 25.9 Å². The monoisotopic (exact) mass is 215 g/mol. The molecule has 0 radical (unpaired) electrons. The molecule has 0 spiro atoms. The van der Waals surface area contributed by atoms with E-state index in [1.54, 1.807) is 6.20 Å². The summed E-state index contributed by atoms with van der Waals surface area (Å²) in [6, 6.07) is 3.97. The van der Waals surface area contributed by atoms with Gasteiger partial charge < -0.3 is 0 Å². The molecule has 0 unspecified atom stereocenters. The number of rotatable bonds is 2. The van der Waals surface area contributed by atoms with Crippen molar-refractivity contribution in [3.8, 4) is 6.07 Å². The van der Waals surface area contributed by atoms with E-state index in [1.807, 2.05) is 26.8 Å². The standard InChI is InChI=1S/C11H13N5/c1-11(2,3)9-4-5-14-10(7-15-16-13)8(9)6-12/h4-5H,7H2,1-3H3. The van der Waals surface area contributed by atoms with Crippen LogP contribution in [0.4, 0.5) is 0 Å². The van der Waals surface area contributed by atoms with Crippen molar-refractivity contribution in [3.05, 3.63) is 39.5 Å². The van der Waals surface area contributed by atoms with Gasteiger partial charge in [-0.15, -0.1) is 0 Å². The zero-order valence-corrected chi connectivity index (χ0v) is 9.60. The third kappa shape index (κ3) is 2.50. The minimum Gasteiger partial charge on any atom is -0.260 e. The van der Waals surface area contributed by atoms with E-state index in [2.05, 4.69) is 21.1 Å². The van der Waals surface area contributed by atoms with Crippen molar-refractivity contribution in [1.29, 1.82) is 5.26 Å². The zero-order valence-electron chi connectivity index (χ0n) is 9.60. The molecule has 5 heteroatoms. The van der Waals surface area contributed by atoms with Crippen molar-refractivity contribution in [1.82, 2.24) is 4.98 Å². The second-order valence-electron chi connectivity index (χ2n) is 4.43. The van der Waals surface area contributed by atoms with Crippen LogP contribution in [0.3, 0.4) is 0 Å². The Morgan fingerprint density at radius 1 is 1.56 bits per heavy atom. The van der Waals surface area contributed by atoms with Gasteiger partial charge in [-0.05, 0) is 22.6 Å². The van der Waals surface area contributed by atoms with Gasteiger partial charge in [0.15, 0.2) is 0 Å². The van der Waals surface area contributed by atoms with Gasteiger partial charge in [0.25, 0.3) is 0 Å². The van der Waals surface area contributed by atoms with Crippen molar-refractivity contribution in [2.45, 2.75) is 32.7 Å². The molecule has 0 aromatic carbocycles. The minimum absolute atomic E-state index is 0.114. The maximum absolute atomic E-state index is 9.14. The molecule has 0 aliphatic carbocycles. The van der Waals surface area contributed by atoms with Gasteiger partial charge in [0.1, 0.15) is 6.07 Å². The molecule has 0 saturated carbocycles. The van der Waals surface area contributed by atoms with Crippen molar-refractivity contribution in [3.63, 3.8) is 0 Å². The maximum atomic E-state index is 9.14. The molecular weight excluding hydrogens is 202 g/mol. The van der Waals surface area contributed by atoms with Gasteiger partial charge in [0, 0.05) is 11.1 Å². The second kappa shape index (κ2) is 4.65. The highest BCUT2D eigenvalue weighted by Crippen LogP contribution is 2.26. The molecule has 0 bridgehead atoms. The first kappa shape index (κ1) is 12.0. The summed E-state index contributed by atoms with van der Waals surface area (Å²) in [5.41, 5.74) is 10.1. The number of nitrogens with zero attached hydrogens (tertiary/aromatic N) is 5. The number of nitriles is 1. The van der Waals surface area contributed by atoms with Gasteiger partial charge in [-0.2, -0.15) is 5.26 Å². The highest BCUT2D eigenvalue weighted by molar-refractivity contribution is 5.44. The molecule has 82 valence electrons. The number of hydrogen-bond donors (Lipinski definition) is 0. The lowest BCUT2D eigenvalue weighted by Crippen LogP contribution is -2.15. The van der Waals surface area contributed by atoms with Gasteiger partial charge in [-0.3, -0.25) is 4.98 Å². The molecule has 0 amide bonds. The Kier molecular flexibility index (Phi) is 3.49. The fourth-order valence-corrected chi connectivity index (χ4v) is 1.47. The van der Waals surface area contributed by atoms with Gasteiger partial charge in [-0.25, -0.2) is 0 Å². The Hall–Kier alpha value is -2.05. The Morgan fingerprint density at radius 3 is 2.75 bits per heavy atom. The van der Waals surface area contributed by atoms with Crippen LogP contribution in [0.5, 0.6) is 0 Å². The predicted octanol–water partition coefficient (Wildman–Crippen LogP) is 3.06. The Morgan fingerprint density at radius 2 is 2.25 bits per heavy atom. The highest BCUT2D eigenvalue weighted by Gasteiger charge is 2.20. The van der Waals surface area contributed by atoms with E-state index in [0.29, 0.717) is 11.3 Å². The molecule has 0 saturated heterocycles. The van der Waals surface area contributed by atoms with Gasteiger partial charge in [0.05, 0.1) is 17.8 Å². The quantitative estimate of drug-likeness (QED) is 0.431. The summed E-state index contributed by atoms with van der Waals surface area (Å²) in [6.45, 7) is 6.20. The van der Waals surface area contributed by atoms with Crippen molar-refractivity contribution in [2.24, 2.45) is 5.11 Å². The largest absolute Gasteiger partial charge is 0.260 e. The summed E-state index contributed by atoms with van der Waals surface area (Å²) < 4.78 is 0. The lowest BCUT2D eigenvalue weighted by Gasteiger charge is -2.21. The molecule has 1 aromatic heterocycles. The van der Waals surface area contributed by atoms with Crippen molar-refractivity contribution >= 4 is 0 Å². The molecule has 1 heterocycles. The van der Waals surface area contributed by atoms with Crippen LogP contribution in [0.15, 0.2) is 17.4 Å². The fraction of sp³-hybridized carbons (Fsp3) is 0.455. The summed E-state index contributed by atoms with van der Waals surface area (Å²) in [5, 5.41) is 12.6. The Labute approximate surface area is 94.4 Å². The summed E-state index contributed by atoms with van der Waals surface area (Å²) in [6.07, 6.45) is 1.64. The number of azide groups is 1. The Balaban J connectivity index is 3.33. The molecule has 0 aliphatic heterocycles. The number of pyridine rings is 1.